The molecule has 1 aliphatic rings. The largest absolute Gasteiger partial charge is 0.481 e. The maximum Gasteiger partial charge on any atom is 0.305 e. The molecule has 0 spiro atoms. The minimum Gasteiger partial charge on any atom is -0.481 e. The first-order valence-corrected chi connectivity index (χ1v) is 6.05. The summed E-state index contributed by atoms with van der Waals surface area (Å²) in [6.45, 7) is 3.80. The second-order valence-electron chi connectivity index (χ2n) is 4.62. The van der Waals surface area contributed by atoms with Crippen LogP contribution in [0.25, 0.3) is 0 Å². The number of hydrogen-bond donors (Lipinski definition) is 1. The van der Waals surface area contributed by atoms with Gasteiger partial charge in [-0.3, -0.25) is 9.59 Å². The predicted molar refractivity (Wildman–Crippen MR) is 63.7 cm³/mol. The predicted octanol–water partition coefficient (Wildman–Crippen LogP) is 2.18. The summed E-state index contributed by atoms with van der Waals surface area (Å²) in [6.07, 6.45) is 4.99. The maximum absolute atomic E-state index is 11.4. The quantitative estimate of drug-likeness (QED) is 0.748. The summed E-state index contributed by atoms with van der Waals surface area (Å²) in [5, 5.41) is 8.78. The highest BCUT2D eigenvalue weighted by Gasteiger charge is 2.30. The molecule has 0 aromatic rings. The lowest BCUT2D eigenvalue weighted by Gasteiger charge is -2.33. The molecular weight excluding hydrogens is 220 g/mol. The van der Waals surface area contributed by atoms with Crippen molar-refractivity contribution in [1.29, 1.82) is 0 Å². The van der Waals surface area contributed by atoms with Crippen LogP contribution in [0.5, 0.6) is 0 Å². The van der Waals surface area contributed by atoms with Gasteiger partial charge in [0.2, 0.25) is 0 Å². The van der Waals surface area contributed by atoms with E-state index in [-0.39, 0.29) is 30.3 Å². The molecule has 1 saturated heterocycles. The molecule has 0 amide bonds. The van der Waals surface area contributed by atoms with Crippen LogP contribution >= 0.6 is 0 Å². The van der Waals surface area contributed by atoms with E-state index in [1.165, 1.54) is 6.08 Å². The Hall–Kier alpha value is -1.16. The lowest BCUT2D eigenvalue weighted by molar-refractivity contribution is -0.147. The Morgan fingerprint density at radius 1 is 1.35 bits per heavy atom. The van der Waals surface area contributed by atoms with E-state index in [2.05, 4.69) is 0 Å². The third-order valence-corrected chi connectivity index (χ3v) is 3.10. The zero-order chi connectivity index (χ0) is 12.8. The van der Waals surface area contributed by atoms with Gasteiger partial charge in [-0.1, -0.05) is 13.0 Å². The number of carbonyl (C=O) groups excluding carboxylic acids is 1. The highest BCUT2D eigenvalue weighted by Crippen LogP contribution is 2.28. The van der Waals surface area contributed by atoms with Crippen LogP contribution in [-0.2, 0) is 14.3 Å². The van der Waals surface area contributed by atoms with Crippen molar-refractivity contribution in [2.45, 2.75) is 51.7 Å². The molecule has 1 fully saturated rings. The third-order valence-electron chi connectivity index (χ3n) is 3.10. The first kappa shape index (κ1) is 13.9. The van der Waals surface area contributed by atoms with Gasteiger partial charge in [-0.2, -0.15) is 0 Å². The van der Waals surface area contributed by atoms with Crippen LogP contribution in [0.4, 0.5) is 0 Å². The van der Waals surface area contributed by atoms with Crippen molar-refractivity contribution >= 4 is 11.8 Å². The van der Waals surface area contributed by atoms with Crippen LogP contribution in [0.1, 0.15) is 39.5 Å². The first-order chi connectivity index (χ1) is 8.02. The highest BCUT2D eigenvalue weighted by molar-refractivity contribution is 5.89. The maximum atomic E-state index is 11.4. The monoisotopic (exact) mass is 240 g/mol. The summed E-state index contributed by atoms with van der Waals surface area (Å²) in [7, 11) is 0. The lowest BCUT2D eigenvalue weighted by atomic mass is 9.90. The van der Waals surface area contributed by atoms with Gasteiger partial charge in [-0.15, -0.1) is 0 Å². The summed E-state index contributed by atoms with van der Waals surface area (Å²) in [5.41, 5.74) is 0. The van der Waals surface area contributed by atoms with Gasteiger partial charge in [0.15, 0.2) is 5.78 Å². The van der Waals surface area contributed by atoms with E-state index < -0.39 is 5.97 Å². The summed E-state index contributed by atoms with van der Waals surface area (Å²) in [4.78, 5) is 22.1. The number of hydrogen-bond acceptors (Lipinski definition) is 3. The van der Waals surface area contributed by atoms with E-state index in [9.17, 15) is 9.59 Å². The Balaban J connectivity index is 2.48. The van der Waals surface area contributed by atoms with Crippen molar-refractivity contribution in [2.75, 3.05) is 0 Å². The van der Waals surface area contributed by atoms with Crippen LogP contribution in [0, 0.1) is 5.92 Å². The molecule has 17 heavy (non-hydrogen) atoms. The van der Waals surface area contributed by atoms with E-state index in [1.807, 2.05) is 6.92 Å². The zero-order valence-electron chi connectivity index (χ0n) is 10.4. The summed E-state index contributed by atoms with van der Waals surface area (Å²) in [6, 6.07) is 0. The molecular formula is C13H20O4. The van der Waals surface area contributed by atoms with Crippen molar-refractivity contribution in [3.05, 3.63) is 12.2 Å². The minimum atomic E-state index is -0.845. The first-order valence-electron chi connectivity index (χ1n) is 6.05. The molecule has 1 aliphatic heterocycles. The smallest absolute Gasteiger partial charge is 0.305 e. The van der Waals surface area contributed by atoms with Gasteiger partial charge in [0.05, 0.1) is 18.6 Å². The normalized spacial score (nSPS) is 29.4. The van der Waals surface area contributed by atoms with Gasteiger partial charge < -0.3 is 9.84 Å². The molecule has 0 radical (unpaired) electrons. The molecule has 1 rings (SSSR count). The van der Waals surface area contributed by atoms with Crippen LogP contribution in [-0.4, -0.2) is 29.1 Å². The number of carboxylic acids is 1. The third kappa shape index (κ3) is 4.69. The van der Waals surface area contributed by atoms with Crippen LogP contribution < -0.4 is 0 Å². The Morgan fingerprint density at radius 2 is 2.06 bits per heavy atom. The van der Waals surface area contributed by atoms with Crippen molar-refractivity contribution in [3.8, 4) is 0 Å². The van der Waals surface area contributed by atoms with E-state index in [4.69, 9.17) is 9.84 Å². The summed E-state index contributed by atoms with van der Waals surface area (Å²) < 4.78 is 5.69. The Morgan fingerprint density at radius 3 is 2.65 bits per heavy atom. The topological polar surface area (TPSA) is 63.6 Å². The van der Waals surface area contributed by atoms with Gasteiger partial charge in [0.1, 0.15) is 0 Å². The highest BCUT2D eigenvalue weighted by atomic mass is 16.5. The van der Waals surface area contributed by atoms with E-state index in [0.29, 0.717) is 6.42 Å². The van der Waals surface area contributed by atoms with Crippen molar-refractivity contribution in [2.24, 2.45) is 5.92 Å². The minimum absolute atomic E-state index is 0.0233. The fourth-order valence-electron chi connectivity index (χ4n) is 2.13. The molecule has 0 bridgehead atoms. The zero-order valence-corrected chi connectivity index (χ0v) is 10.4. The van der Waals surface area contributed by atoms with Crippen LogP contribution in [0.3, 0.4) is 0 Å². The SMILES string of the molecule is C/C=C/C(=O)C[C@H]1CC[C@@H](C)[C@H](CC(=O)O)O1. The average molecular weight is 240 g/mol. The van der Waals surface area contributed by atoms with E-state index >= 15 is 0 Å². The van der Waals surface area contributed by atoms with Gasteiger partial charge in [-0.25, -0.2) is 0 Å². The van der Waals surface area contributed by atoms with E-state index in [0.717, 1.165) is 12.8 Å². The molecule has 4 heteroatoms. The van der Waals surface area contributed by atoms with Crippen LogP contribution in [0.15, 0.2) is 12.2 Å². The number of ether oxygens (including phenoxy) is 1. The van der Waals surface area contributed by atoms with Crippen molar-refractivity contribution < 1.29 is 19.4 Å². The number of aliphatic carboxylic acids is 1. The Bertz CT molecular complexity index is 309. The molecule has 0 unspecified atom stereocenters. The number of ketones is 1. The van der Waals surface area contributed by atoms with E-state index in [1.54, 1.807) is 13.0 Å². The number of carboxylic acid groups (broad SMARTS) is 1. The molecule has 1 heterocycles. The van der Waals surface area contributed by atoms with Crippen molar-refractivity contribution in [1.82, 2.24) is 0 Å². The summed E-state index contributed by atoms with van der Waals surface area (Å²) >= 11 is 0. The van der Waals surface area contributed by atoms with Gasteiger partial charge in [0, 0.05) is 6.42 Å². The fourth-order valence-corrected chi connectivity index (χ4v) is 2.13. The number of carbonyl (C=O) groups is 2. The van der Waals surface area contributed by atoms with Gasteiger partial charge >= 0.3 is 5.97 Å². The van der Waals surface area contributed by atoms with Gasteiger partial charge in [0.25, 0.3) is 0 Å². The number of rotatable bonds is 5. The molecule has 0 saturated carbocycles. The fraction of sp³-hybridized carbons (Fsp3) is 0.692. The number of allylic oxidation sites excluding steroid dienone is 2. The lowest BCUT2D eigenvalue weighted by Crippen LogP contribution is -2.36. The standard InChI is InChI=1S/C13H20O4/c1-3-4-10(14)7-11-6-5-9(2)12(17-11)8-13(15)16/h3-4,9,11-12H,5-8H2,1-2H3,(H,15,16)/b4-3+/t9-,11-,12+/m1/s1. The molecule has 0 aromatic carbocycles. The Kier molecular flexibility index (Phi) is 5.35. The second-order valence-corrected chi connectivity index (χ2v) is 4.62. The molecule has 1 N–H and O–H groups in total. The average Bonchev–Trinajstić information content (AvgIpc) is 2.22. The molecule has 4 nitrogen and oxygen atoms in total. The summed E-state index contributed by atoms with van der Waals surface area (Å²) in [5.74, 6) is -0.553. The molecule has 3 atom stereocenters. The Labute approximate surface area is 102 Å². The molecule has 96 valence electrons. The van der Waals surface area contributed by atoms with Gasteiger partial charge in [-0.05, 0) is 31.8 Å². The second kappa shape index (κ2) is 6.55. The van der Waals surface area contributed by atoms with Crippen LogP contribution in [0.2, 0.25) is 0 Å². The molecule has 0 aliphatic carbocycles. The molecule has 0 aromatic heterocycles. The van der Waals surface area contributed by atoms with Crippen molar-refractivity contribution in [3.63, 3.8) is 0 Å².